The Balaban J connectivity index is 3.31. The Morgan fingerprint density at radius 2 is 2.00 bits per heavy atom. The van der Waals surface area contributed by atoms with Gasteiger partial charge in [0.2, 0.25) is 0 Å². The third kappa shape index (κ3) is 1.52. The maximum atomic E-state index is 7.20. The van der Waals surface area contributed by atoms with Crippen LogP contribution < -0.4 is 0 Å². The first-order valence-electron chi connectivity index (χ1n) is 3.72. The molecule has 1 aromatic heterocycles. The molecule has 0 atom stereocenters. The average molecular weight is 254 g/mol. The van der Waals surface area contributed by atoms with E-state index in [-0.39, 0.29) is 5.56 Å². The minimum atomic E-state index is -2.11. The van der Waals surface area contributed by atoms with Gasteiger partial charge >= 0.3 is 0 Å². The van der Waals surface area contributed by atoms with Crippen molar-refractivity contribution in [2.24, 2.45) is 0 Å². The van der Waals surface area contributed by atoms with E-state index in [1.807, 2.05) is 0 Å². The van der Waals surface area contributed by atoms with Crippen LogP contribution in [-0.2, 0) is 0 Å². The van der Waals surface area contributed by atoms with E-state index >= 15 is 0 Å². The van der Waals surface area contributed by atoms with Crippen molar-refractivity contribution in [3.8, 4) is 0 Å². The molecule has 0 saturated carbocycles. The maximum Gasteiger partial charge on any atom is 0.0413 e. The summed E-state index contributed by atoms with van der Waals surface area (Å²) >= 11 is 6.26. The molecule has 1 rings (SSSR count). The number of nitrogens with zero attached hydrogens (tertiary/aromatic N) is 1. The highest BCUT2D eigenvalue weighted by molar-refractivity contribution is 9.11. The van der Waals surface area contributed by atoms with Gasteiger partial charge < -0.3 is 0 Å². The molecule has 1 nitrogen and oxygen atoms in total. The molecule has 1 heterocycles. The molecule has 0 aliphatic carbocycles. The number of pyridine rings is 1. The van der Waals surface area contributed by atoms with Crippen molar-refractivity contribution < 1.29 is 4.11 Å². The van der Waals surface area contributed by atoms with Crippen molar-refractivity contribution in [1.82, 2.24) is 4.98 Å². The largest absolute Gasteiger partial charge is 0.262 e. The van der Waals surface area contributed by atoms with Crippen LogP contribution in [0.2, 0.25) is 0 Å². The van der Waals surface area contributed by atoms with Gasteiger partial charge in [0.1, 0.15) is 0 Å². The van der Waals surface area contributed by atoms with Crippen molar-refractivity contribution >= 4 is 31.9 Å². The molecule has 1 aromatic rings. The smallest absolute Gasteiger partial charge is 0.0413 e. The first-order chi connectivity index (χ1) is 5.43. The van der Waals surface area contributed by atoms with Gasteiger partial charge in [-0.1, -0.05) is 0 Å². The van der Waals surface area contributed by atoms with Gasteiger partial charge in [-0.3, -0.25) is 4.98 Å². The monoisotopic (exact) mass is 252 g/mol. The second-order valence-electron chi connectivity index (χ2n) is 1.48. The van der Waals surface area contributed by atoms with E-state index in [4.69, 9.17) is 4.11 Å². The number of hydrogen-bond donors (Lipinski definition) is 0. The molecule has 0 fully saturated rings. The summed E-state index contributed by atoms with van der Waals surface area (Å²) in [7, 11) is 0. The first-order valence-corrected chi connectivity index (χ1v) is 3.81. The summed E-state index contributed by atoms with van der Waals surface area (Å²) in [5.74, 6) is 0. The quantitative estimate of drug-likeness (QED) is 0.693. The number of hydrogen-bond acceptors (Lipinski definition) is 1. The second kappa shape index (κ2) is 2.80. The molecule has 0 amide bonds. The molecule has 9 heavy (non-hydrogen) atoms. The van der Waals surface area contributed by atoms with Gasteiger partial charge in [-0.05, 0) is 44.3 Å². The van der Waals surface area contributed by atoms with Crippen molar-refractivity contribution in [2.45, 2.75) is 6.85 Å². The van der Waals surface area contributed by atoms with Gasteiger partial charge in [0, 0.05) is 25.5 Å². The predicted molar refractivity (Wildman–Crippen MR) is 44.4 cm³/mol. The Hall–Kier alpha value is 0.110. The fraction of sp³-hybridized carbons (Fsp3) is 0.167. The van der Waals surface area contributed by atoms with Gasteiger partial charge in [0.05, 0.1) is 0 Å². The SMILES string of the molecule is [2H]C([2H])([2H])c1c(Br)cncc1Br. The number of halogens is 2. The van der Waals surface area contributed by atoms with Crippen molar-refractivity contribution in [2.75, 3.05) is 0 Å². The van der Waals surface area contributed by atoms with Crippen LogP contribution in [0.4, 0.5) is 0 Å². The molecule has 0 aliphatic heterocycles. The lowest BCUT2D eigenvalue weighted by Crippen LogP contribution is -1.79. The summed E-state index contributed by atoms with van der Waals surface area (Å²) < 4.78 is 22.6. The molecule has 0 N–H and O–H groups in total. The van der Waals surface area contributed by atoms with E-state index < -0.39 is 6.85 Å². The van der Waals surface area contributed by atoms with E-state index in [1.165, 1.54) is 12.4 Å². The van der Waals surface area contributed by atoms with Gasteiger partial charge in [-0.25, -0.2) is 0 Å². The van der Waals surface area contributed by atoms with E-state index in [1.54, 1.807) is 0 Å². The maximum absolute atomic E-state index is 7.20. The summed E-state index contributed by atoms with van der Waals surface area (Å²) in [6.45, 7) is -2.11. The van der Waals surface area contributed by atoms with E-state index in [2.05, 4.69) is 36.8 Å². The van der Waals surface area contributed by atoms with Crippen molar-refractivity contribution in [1.29, 1.82) is 0 Å². The zero-order chi connectivity index (χ0) is 9.35. The zero-order valence-corrected chi connectivity index (χ0v) is 7.53. The summed E-state index contributed by atoms with van der Waals surface area (Å²) in [5.41, 5.74) is 0.262. The fourth-order valence-corrected chi connectivity index (χ4v) is 1.34. The molecule has 0 spiro atoms. The lowest BCUT2D eigenvalue weighted by atomic mass is 10.3. The van der Waals surface area contributed by atoms with Gasteiger partial charge in [-0.2, -0.15) is 0 Å². The molecular formula is C6H5Br2N. The summed E-state index contributed by atoms with van der Waals surface area (Å²) in [5, 5.41) is 0. The second-order valence-corrected chi connectivity index (χ2v) is 3.19. The van der Waals surface area contributed by atoms with Gasteiger partial charge in [-0.15, -0.1) is 0 Å². The average Bonchev–Trinajstić information content (AvgIpc) is 1.82. The first kappa shape index (κ1) is 4.09. The van der Waals surface area contributed by atoms with Gasteiger partial charge in [0.25, 0.3) is 0 Å². The molecule has 0 unspecified atom stereocenters. The standard InChI is InChI=1S/C6H5Br2N/c1-4-5(7)2-9-3-6(4)8/h2-3H,1H3/i1D3. The normalized spacial score (nSPS) is 16.0. The molecule has 0 aromatic carbocycles. The highest BCUT2D eigenvalue weighted by Crippen LogP contribution is 2.21. The summed E-state index contributed by atoms with van der Waals surface area (Å²) in [6, 6.07) is 0. The van der Waals surface area contributed by atoms with Crippen LogP contribution in [0.3, 0.4) is 0 Å². The predicted octanol–water partition coefficient (Wildman–Crippen LogP) is 2.92. The Labute approximate surface area is 75.0 Å². The topological polar surface area (TPSA) is 12.9 Å². The molecule has 0 radical (unpaired) electrons. The lowest BCUT2D eigenvalue weighted by molar-refractivity contribution is 1.24. The highest BCUT2D eigenvalue weighted by atomic mass is 79.9. The van der Waals surface area contributed by atoms with E-state index in [9.17, 15) is 0 Å². The van der Waals surface area contributed by atoms with Crippen LogP contribution in [0.1, 0.15) is 9.68 Å². The Morgan fingerprint density at radius 1 is 1.44 bits per heavy atom. The molecule has 48 valence electrons. The highest BCUT2D eigenvalue weighted by Gasteiger charge is 1.96. The van der Waals surface area contributed by atoms with Crippen molar-refractivity contribution in [3.05, 3.63) is 26.9 Å². The third-order valence-electron chi connectivity index (χ3n) is 0.853. The zero-order valence-electron chi connectivity index (χ0n) is 7.36. The van der Waals surface area contributed by atoms with Crippen LogP contribution in [0.5, 0.6) is 0 Å². The number of rotatable bonds is 0. The number of aromatic nitrogens is 1. The lowest BCUT2D eigenvalue weighted by Gasteiger charge is -1.96. The third-order valence-corrected chi connectivity index (χ3v) is 2.06. The molecule has 0 saturated heterocycles. The van der Waals surface area contributed by atoms with E-state index in [0.717, 1.165) is 0 Å². The van der Waals surface area contributed by atoms with Crippen LogP contribution in [-0.4, -0.2) is 4.98 Å². The molecule has 0 aliphatic rings. The van der Waals surface area contributed by atoms with E-state index in [0.29, 0.717) is 8.95 Å². The minimum Gasteiger partial charge on any atom is -0.262 e. The van der Waals surface area contributed by atoms with Crippen LogP contribution in [0.25, 0.3) is 0 Å². The summed E-state index contributed by atoms with van der Waals surface area (Å²) in [6.07, 6.45) is 2.93. The van der Waals surface area contributed by atoms with Crippen LogP contribution >= 0.6 is 31.9 Å². The Morgan fingerprint density at radius 3 is 2.33 bits per heavy atom. The Bertz CT molecular complexity index is 277. The van der Waals surface area contributed by atoms with Crippen LogP contribution in [0.15, 0.2) is 21.3 Å². The molecule has 0 bridgehead atoms. The Kier molecular flexibility index (Phi) is 1.27. The van der Waals surface area contributed by atoms with Crippen LogP contribution in [0, 0.1) is 6.85 Å². The molecular weight excluding hydrogens is 246 g/mol. The van der Waals surface area contributed by atoms with Gasteiger partial charge in [0.15, 0.2) is 0 Å². The summed E-state index contributed by atoms with van der Waals surface area (Å²) in [4.78, 5) is 3.81. The fourth-order valence-electron chi connectivity index (χ4n) is 0.411. The minimum absolute atomic E-state index is 0.262. The van der Waals surface area contributed by atoms with Crippen molar-refractivity contribution in [3.63, 3.8) is 0 Å². The molecule has 3 heteroatoms.